The Labute approximate surface area is 869 Å². The number of oxazole rings is 2. The Bertz CT molecular complexity index is 7670. The van der Waals surface area contributed by atoms with Gasteiger partial charge in [-0.15, -0.1) is 0 Å². The van der Waals surface area contributed by atoms with Gasteiger partial charge in [0.15, 0.2) is 22.7 Å². The number of carbonyl (C=O) groups is 6. The van der Waals surface area contributed by atoms with Crippen molar-refractivity contribution in [1.82, 2.24) is 9.97 Å². The molecule has 12 aromatic carbocycles. The van der Waals surface area contributed by atoms with Crippen LogP contribution in [0.1, 0.15) is 239 Å². The number of halogens is 2. The van der Waals surface area contributed by atoms with Crippen molar-refractivity contribution in [2.45, 2.75) is 230 Å². The molecular formula is C121H125Cl2N9O14S. The number of Topliss-reactive ketones (excluding diaryl/α,β-unsaturated/α-hetero) is 2. The van der Waals surface area contributed by atoms with Gasteiger partial charge < -0.3 is 38.8 Å². The average molecular weight is 2030 g/mol. The topological polar surface area (TPSA) is 327 Å². The van der Waals surface area contributed by atoms with E-state index < -0.39 is 68.6 Å². The van der Waals surface area contributed by atoms with Crippen LogP contribution in [0.5, 0.6) is 11.5 Å². The second kappa shape index (κ2) is 44.3. The molecule has 2 aliphatic rings. The fourth-order valence-corrected chi connectivity index (χ4v) is 20.3. The van der Waals surface area contributed by atoms with Gasteiger partial charge >= 0.3 is 12.2 Å². The lowest BCUT2D eigenvalue weighted by Gasteiger charge is -2.32. The first-order valence-electron chi connectivity index (χ1n) is 49.6. The Hall–Kier alpha value is -14.7. The number of sulfonamides is 1. The number of nitriles is 2. The van der Waals surface area contributed by atoms with Gasteiger partial charge in [-0.2, -0.15) is 10.5 Å². The largest absolute Gasteiger partial charge is 0.508 e. The minimum Gasteiger partial charge on any atom is -0.508 e. The molecule has 0 spiro atoms. The molecule has 2 heterocycles. The number of phenols is 1. The molecule has 0 saturated heterocycles. The Balaban J connectivity index is 0.000000232. The van der Waals surface area contributed by atoms with Gasteiger partial charge in [0.25, 0.3) is 11.8 Å². The Kier molecular flexibility index (Phi) is 32.1. The van der Waals surface area contributed by atoms with E-state index in [1.54, 1.807) is 130 Å². The number of nitrogens with zero attached hydrogens (tertiary/aromatic N) is 6. The van der Waals surface area contributed by atoms with Gasteiger partial charge in [0.2, 0.25) is 34.0 Å². The van der Waals surface area contributed by atoms with Gasteiger partial charge in [-0.1, -0.05) is 273 Å². The lowest BCUT2D eigenvalue weighted by atomic mass is 9.72. The molecule has 0 aliphatic heterocycles. The highest BCUT2D eigenvalue weighted by atomic mass is 35.5. The summed E-state index contributed by atoms with van der Waals surface area (Å²) in [6.07, 6.45) is 8.75. The normalized spacial score (nSPS) is 13.9. The molecule has 2 unspecified atom stereocenters. The number of benzene rings is 12. The number of carbonyl (C=O) groups excluding carboxylic acids is 6. The lowest BCUT2D eigenvalue weighted by molar-refractivity contribution is -0.142. The summed E-state index contributed by atoms with van der Waals surface area (Å²) in [5, 5.41) is 40.2. The molecule has 2 aliphatic carbocycles. The number of aryl methyl sites for hydroxylation is 2. The first kappa shape index (κ1) is 107. The van der Waals surface area contributed by atoms with Crippen LogP contribution < -0.4 is 29.9 Å². The molecule has 4 N–H and O–H groups in total. The molecule has 147 heavy (non-hydrogen) atoms. The van der Waals surface area contributed by atoms with Gasteiger partial charge in [0, 0.05) is 46.1 Å². The predicted molar refractivity (Wildman–Crippen MR) is 586 cm³/mol. The molecule has 4 amide bonds. The zero-order valence-electron chi connectivity index (χ0n) is 86.2. The number of fused-ring (bicyclic) bond motifs is 4. The quantitative estimate of drug-likeness (QED) is 0.0250. The third kappa shape index (κ3) is 26.2. The van der Waals surface area contributed by atoms with E-state index in [0.29, 0.717) is 87.1 Å². The Morgan fingerprint density at radius 1 is 0.497 bits per heavy atom. The summed E-state index contributed by atoms with van der Waals surface area (Å²) in [4.78, 5) is 98.8. The van der Waals surface area contributed by atoms with Crippen LogP contribution in [0.3, 0.4) is 0 Å². The molecule has 16 rings (SSSR count). The number of phenolic OH excluding ortho intramolecular Hbond substituents is 1. The predicted octanol–water partition coefficient (Wildman–Crippen LogP) is 28.5. The van der Waals surface area contributed by atoms with Crippen LogP contribution in [0.15, 0.2) is 239 Å². The van der Waals surface area contributed by atoms with Crippen molar-refractivity contribution >= 4 is 164 Å². The van der Waals surface area contributed by atoms with Crippen molar-refractivity contribution in [1.29, 1.82) is 10.5 Å². The van der Waals surface area contributed by atoms with E-state index in [0.717, 1.165) is 129 Å². The summed E-state index contributed by atoms with van der Waals surface area (Å²) >= 11 is 13.3. The number of hydrogen-bond donors (Lipinski definition) is 4. The number of ether oxygens (including phenoxy) is 3. The Morgan fingerprint density at radius 3 is 1.51 bits per heavy atom. The maximum absolute atomic E-state index is 14.7. The van der Waals surface area contributed by atoms with Crippen molar-refractivity contribution < 1.29 is 65.3 Å². The second-order valence-corrected chi connectivity index (χ2v) is 46.0. The van der Waals surface area contributed by atoms with Gasteiger partial charge in [-0.05, 0) is 279 Å². The third-order valence-corrected chi connectivity index (χ3v) is 28.1. The van der Waals surface area contributed by atoms with E-state index in [1.807, 2.05) is 147 Å². The van der Waals surface area contributed by atoms with E-state index >= 15 is 0 Å². The van der Waals surface area contributed by atoms with Gasteiger partial charge in [0.05, 0.1) is 33.4 Å². The molecule has 0 bridgehead atoms. The number of aromatic hydroxyl groups is 1. The number of allylic oxidation sites excluding steroid dienone is 2. The van der Waals surface area contributed by atoms with Crippen molar-refractivity contribution in [2.24, 2.45) is 16.2 Å². The summed E-state index contributed by atoms with van der Waals surface area (Å²) in [5.41, 5.74) is 14.2. The summed E-state index contributed by atoms with van der Waals surface area (Å²) in [5.74, 6) is -1.77. The number of amides is 4. The van der Waals surface area contributed by atoms with Gasteiger partial charge in [-0.3, -0.25) is 33.7 Å². The van der Waals surface area contributed by atoms with Crippen LogP contribution in [0, 0.1) is 52.8 Å². The number of ketones is 2. The molecule has 14 aromatic rings. The number of rotatable bonds is 29. The highest BCUT2D eigenvalue weighted by molar-refractivity contribution is 7.92. The number of aromatic nitrogens is 2. The molecular weight excluding hydrogens is 1910 g/mol. The maximum Gasteiger partial charge on any atom is 0.415 e. The molecule has 2 atom stereocenters. The minimum absolute atomic E-state index is 0.0906. The summed E-state index contributed by atoms with van der Waals surface area (Å²) in [6.45, 7) is 31.4. The summed E-state index contributed by atoms with van der Waals surface area (Å²) < 4.78 is 58.6. The Morgan fingerprint density at radius 2 is 0.980 bits per heavy atom. The lowest BCUT2D eigenvalue weighted by Crippen LogP contribution is -2.48. The smallest absolute Gasteiger partial charge is 0.415 e. The zero-order chi connectivity index (χ0) is 106. The van der Waals surface area contributed by atoms with E-state index in [1.165, 1.54) is 0 Å². The van der Waals surface area contributed by atoms with Crippen molar-refractivity contribution in [3.05, 3.63) is 325 Å². The standard InChI is InChI=1S/C70H68ClN5O8S.C51H57ClN4O6/c1-43-34-54(29-26-47(43)38-51(41-72)67-74-61-40-52(69(2,3)4)28-33-63(61)84-67)76(53-19-10-11-20-53)68(79)82-42-45-25-32-62(50(36-45)39-49-27-31-59(75-85(8,80)81)57-23-14-13-22-56(49)57)83-64(65(77)70(5,6)7)66(78)73-60-37-44(24-30-58(60)71)35-48-18-15-17-46-16-9-12-21-55(46)48;1-31-24-38(19-17-34(31)27-35(29-53)47-55-42-28-36(18-23-43(42)61-47)51(8,9)30-49(2,3)4)56(37-12-10-11-13-37)48(60)62-44(45(58)50(5,6)7)46(59)54-41-26-33(16-22-40(41)52)25-32-14-20-39(57)21-15-32/h9,12-18,21-34,36-38,40,53,64,75H,10-11,19-20,35,39,42H2,1-8H3,(H,73,78);14-24,26-28,37,44,57H,10-13,25,30H2,1-9H3,(H,54,59)/b51-38+;35-27+. The van der Waals surface area contributed by atoms with E-state index in [9.17, 15) is 52.8 Å². The first-order valence-corrected chi connectivity index (χ1v) is 52.3. The first-order chi connectivity index (χ1) is 69.6. The van der Waals surface area contributed by atoms with E-state index in [-0.39, 0.29) is 91.5 Å². The molecule has 758 valence electrons. The molecule has 23 nitrogen and oxygen atoms in total. The maximum atomic E-state index is 14.7. The molecule has 26 heteroatoms. The summed E-state index contributed by atoms with van der Waals surface area (Å²) in [7, 11) is -3.63. The van der Waals surface area contributed by atoms with E-state index in [2.05, 4.69) is 118 Å². The van der Waals surface area contributed by atoms with Crippen LogP contribution in [0.4, 0.5) is 38.0 Å². The number of nitrogens with one attached hydrogen (secondary N) is 3. The van der Waals surface area contributed by atoms with Crippen LogP contribution >= 0.6 is 23.2 Å². The molecule has 2 aromatic heterocycles. The SMILES string of the molecule is Cc1cc(N(C(=O)OC(C(=O)Nc2cc(Cc3ccc(O)cc3)ccc2Cl)C(=O)C(C)(C)C)C2CCCC2)ccc1/C=C(\C#N)c1nc2cc(C(C)(C)CC(C)(C)C)ccc2o1.Cc1cc(N(C(=O)OCc2ccc(OC(C(=O)Nc3cc(Cc4cccc5ccccc45)ccc3Cl)C(=O)C(C)(C)C)c(Cc3ccc(NS(C)(=O)=O)c4ccccc34)c2)C2CCCC2)ccc1/C=C(\C#N)c1nc2cc(C(C)(C)C)ccc2o1. The van der Waals surface area contributed by atoms with Crippen LogP contribution in [0.25, 0.3) is 67.0 Å². The van der Waals surface area contributed by atoms with Crippen molar-refractivity contribution in [3.8, 4) is 23.6 Å². The fourth-order valence-electron chi connectivity index (χ4n) is 19.4. The third-order valence-electron chi connectivity index (χ3n) is 26.8. The fraction of sp³-hybridized carbons (Fsp3) is 0.322. The highest BCUT2D eigenvalue weighted by Gasteiger charge is 2.43. The monoisotopic (exact) mass is 2030 g/mol. The van der Waals surface area contributed by atoms with Gasteiger partial charge in [-0.25, -0.2) is 28.0 Å². The molecule has 0 radical (unpaired) electrons. The number of anilines is 5. The summed E-state index contributed by atoms with van der Waals surface area (Å²) in [6, 6.07) is 75.1. The zero-order valence-corrected chi connectivity index (χ0v) is 88.5. The minimum atomic E-state index is -3.63. The van der Waals surface area contributed by atoms with Crippen molar-refractivity contribution in [2.75, 3.05) is 31.4 Å². The second-order valence-electron chi connectivity index (χ2n) is 43.4. The molecule has 2 saturated carbocycles. The van der Waals surface area contributed by atoms with Gasteiger partial charge in [0.1, 0.15) is 52.4 Å². The van der Waals surface area contributed by atoms with Crippen LogP contribution in [-0.2, 0) is 75.4 Å². The van der Waals surface area contributed by atoms with Crippen LogP contribution in [-0.4, -0.2) is 89.6 Å². The van der Waals surface area contributed by atoms with Crippen LogP contribution in [0.2, 0.25) is 10.0 Å². The average Bonchev–Trinajstić information content (AvgIpc) is 1.65. The van der Waals surface area contributed by atoms with E-state index in [4.69, 9.17) is 51.2 Å². The molecule has 2 fully saturated rings. The highest BCUT2D eigenvalue weighted by Crippen LogP contribution is 2.43. The van der Waals surface area contributed by atoms with Crippen molar-refractivity contribution in [3.63, 3.8) is 0 Å². The number of hydrogen-bond acceptors (Lipinski definition) is 18.